The van der Waals surface area contributed by atoms with Crippen molar-refractivity contribution in [2.75, 3.05) is 7.11 Å². The maximum atomic E-state index is 13.6. The highest BCUT2D eigenvalue weighted by atomic mass is 19.4. The van der Waals surface area contributed by atoms with Gasteiger partial charge in [-0.05, 0) is 80.2 Å². The first-order chi connectivity index (χ1) is 22.8. The Morgan fingerprint density at radius 3 is 2.44 bits per heavy atom. The third kappa shape index (κ3) is 4.96. The minimum absolute atomic E-state index is 0.0939. The highest BCUT2D eigenvalue weighted by molar-refractivity contribution is 6.22. The molecule has 0 spiro atoms. The SMILES string of the molecule is CCC1=C(C)C2=NC1=CC1=C(C)C3=C(O)CC(=C4NC(=CC5=NC(=C2)C(c2cc(C(F)(F)F)[nH]n2)=C5C)[C@@H](C)[C@@H]4CCC(=O)OC)C3=N1. The lowest BCUT2D eigenvalue weighted by atomic mass is 9.86. The minimum atomic E-state index is -4.59. The van der Waals surface area contributed by atoms with E-state index in [1.54, 1.807) is 0 Å². The zero-order valence-electron chi connectivity index (χ0n) is 27.5. The van der Waals surface area contributed by atoms with E-state index in [4.69, 9.17) is 19.7 Å². The van der Waals surface area contributed by atoms with Crippen LogP contribution in [0.15, 0.2) is 107 Å². The van der Waals surface area contributed by atoms with Gasteiger partial charge in [0, 0.05) is 52.8 Å². The van der Waals surface area contributed by atoms with Crippen molar-refractivity contribution < 1.29 is 27.8 Å². The average Bonchev–Trinajstić information content (AvgIpc) is 3.86. The molecule has 12 heteroatoms. The van der Waals surface area contributed by atoms with Gasteiger partial charge in [-0.2, -0.15) is 18.3 Å². The number of hydrogen-bond acceptors (Lipinski definition) is 8. The van der Waals surface area contributed by atoms with Crippen LogP contribution < -0.4 is 5.32 Å². The normalized spacial score (nSPS) is 23.5. The third-order valence-electron chi connectivity index (χ3n) is 10.1. The zero-order valence-corrected chi connectivity index (χ0v) is 27.5. The second kappa shape index (κ2) is 11.3. The number of methoxy groups -OCH3 is 1. The maximum absolute atomic E-state index is 13.6. The van der Waals surface area contributed by atoms with E-state index in [2.05, 4.69) is 22.4 Å². The Hall–Kier alpha value is -5.00. The molecule has 7 rings (SSSR count). The van der Waals surface area contributed by atoms with Gasteiger partial charge in [0.05, 0.1) is 47.0 Å². The van der Waals surface area contributed by atoms with Crippen LogP contribution in [0, 0.1) is 11.8 Å². The summed E-state index contributed by atoms with van der Waals surface area (Å²) in [5.41, 5.74) is 10.2. The Kier molecular flexibility index (Phi) is 7.45. The summed E-state index contributed by atoms with van der Waals surface area (Å²) >= 11 is 0. The number of aliphatic imine (C=N–C) groups is 3. The molecule has 3 N–H and O–H groups in total. The molecule has 2 atom stereocenters. The van der Waals surface area contributed by atoms with E-state index >= 15 is 0 Å². The summed E-state index contributed by atoms with van der Waals surface area (Å²) < 4.78 is 45.8. The van der Waals surface area contributed by atoms with Crippen LogP contribution >= 0.6 is 0 Å². The van der Waals surface area contributed by atoms with Crippen LogP contribution in [0.4, 0.5) is 13.2 Å². The Morgan fingerprint density at radius 2 is 1.75 bits per heavy atom. The number of aromatic amines is 1. The number of carbonyl (C=O) groups is 1. The van der Waals surface area contributed by atoms with Gasteiger partial charge in [-0.25, -0.2) is 15.0 Å². The summed E-state index contributed by atoms with van der Waals surface area (Å²) in [5, 5.41) is 21.1. The van der Waals surface area contributed by atoms with Crippen LogP contribution in [-0.4, -0.2) is 45.5 Å². The number of alkyl halides is 3. The van der Waals surface area contributed by atoms with Crippen molar-refractivity contribution >= 4 is 28.7 Å². The molecule has 5 aliphatic heterocycles. The predicted molar refractivity (Wildman–Crippen MR) is 177 cm³/mol. The number of aliphatic hydroxyl groups is 1. The standard InChI is InChI=1S/C36H35F3N6O3/c1-7-19-15(2)22-13-27-32(28-14-30(45-44-28)36(37,38)39)17(4)24(41-27)11-23-16(3)20(8-9-31(47)48-6)34(42-23)21-10-29(46)33-18(5)25(43-35(21)33)12-26(19)40-22/h11-14,16,20,42,46H,7-10H2,1-6H3,(H,44,45)/t16-,20-/m0/s1. The molecular weight excluding hydrogens is 621 g/mol. The number of aromatic nitrogens is 2. The quantitative estimate of drug-likeness (QED) is 0.283. The minimum Gasteiger partial charge on any atom is -0.511 e. The van der Waals surface area contributed by atoms with Gasteiger partial charge in [0.15, 0.2) is 0 Å². The van der Waals surface area contributed by atoms with Crippen LogP contribution in [0.3, 0.4) is 0 Å². The number of esters is 1. The van der Waals surface area contributed by atoms with E-state index in [0.717, 1.165) is 51.0 Å². The van der Waals surface area contributed by atoms with Crippen LogP contribution in [0.25, 0.3) is 5.57 Å². The molecule has 48 heavy (non-hydrogen) atoms. The Balaban J connectivity index is 1.46. The molecule has 1 fully saturated rings. The van der Waals surface area contributed by atoms with Gasteiger partial charge in [0.1, 0.15) is 11.5 Å². The number of allylic oxidation sites excluding steroid dienone is 12. The fourth-order valence-corrected chi connectivity index (χ4v) is 7.40. The van der Waals surface area contributed by atoms with Crippen molar-refractivity contribution in [3.05, 3.63) is 103 Å². The summed E-state index contributed by atoms with van der Waals surface area (Å²) in [6.07, 6.45) is 2.76. The summed E-state index contributed by atoms with van der Waals surface area (Å²) in [4.78, 5) is 27.3. The van der Waals surface area contributed by atoms with Gasteiger partial charge >= 0.3 is 12.1 Å². The number of H-pyrrole nitrogens is 1. The van der Waals surface area contributed by atoms with Crippen LogP contribution in [0.1, 0.15) is 71.7 Å². The number of aliphatic hydroxyl groups excluding tert-OH is 1. The molecule has 8 bridgehead atoms. The molecular formula is C36H35F3N6O3. The summed E-state index contributed by atoms with van der Waals surface area (Å²) in [6.45, 7) is 9.85. The Bertz CT molecular complexity index is 2060. The van der Waals surface area contributed by atoms with Gasteiger partial charge in [-0.15, -0.1) is 0 Å². The molecule has 0 aromatic carbocycles. The largest absolute Gasteiger partial charge is 0.511 e. The van der Waals surface area contributed by atoms with Crippen LogP contribution in [-0.2, 0) is 15.7 Å². The topological polar surface area (TPSA) is 124 Å². The van der Waals surface area contributed by atoms with Gasteiger partial charge in [0.2, 0.25) is 0 Å². The van der Waals surface area contributed by atoms with Crippen molar-refractivity contribution in [1.29, 1.82) is 0 Å². The molecule has 248 valence electrons. The fraction of sp³-hybridized carbons (Fsp3) is 0.361. The number of fused-ring (bicyclic) bond motifs is 5. The van der Waals surface area contributed by atoms with Crippen molar-refractivity contribution in [1.82, 2.24) is 15.5 Å². The lowest BCUT2D eigenvalue weighted by Crippen LogP contribution is -2.16. The van der Waals surface area contributed by atoms with E-state index in [9.17, 15) is 23.1 Å². The molecule has 0 unspecified atom stereocenters. The molecule has 0 amide bonds. The van der Waals surface area contributed by atoms with E-state index in [-0.39, 0.29) is 35.7 Å². The lowest BCUT2D eigenvalue weighted by molar-refractivity contribution is -0.141. The number of rotatable bonds is 5. The first-order valence-corrected chi connectivity index (χ1v) is 16.0. The number of carbonyl (C=O) groups excluding carboxylic acids is 1. The first kappa shape index (κ1) is 31.6. The Morgan fingerprint density at radius 1 is 1.02 bits per heavy atom. The van der Waals surface area contributed by atoms with Crippen molar-refractivity contribution in [2.24, 2.45) is 26.8 Å². The fourth-order valence-electron chi connectivity index (χ4n) is 7.40. The molecule has 9 nitrogen and oxygen atoms in total. The molecule has 1 aromatic heterocycles. The van der Waals surface area contributed by atoms with Gasteiger partial charge in [-0.3, -0.25) is 9.89 Å². The van der Waals surface area contributed by atoms with Gasteiger partial charge in [0.25, 0.3) is 0 Å². The molecule has 1 aliphatic carbocycles. The average molecular weight is 657 g/mol. The van der Waals surface area contributed by atoms with E-state index < -0.39 is 11.9 Å². The van der Waals surface area contributed by atoms with E-state index in [1.807, 2.05) is 45.9 Å². The van der Waals surface area contributed by atoms with Gasteiger partial charge < -0.3 is 15.2 Å². The molecule has 0 radical (unpaired) electrons. The maximum Gasteiger partial charge on any atom is 0.432 e. The van der Waals surface area contributed by atoms with E-state index in [0.29, 0.717) is 58.9 Å². The molecule has 1 aromatic rings. The predicted octanol–water partition coefficient (Wildman–Crippen LogP) is 7.51. The second-order valence-electron chi connectivity index (χ2n) is 12.8. The molecule has 0 saturated carbocycles. The summed E-state index contributed by atoms with van der Waals surface area (Å²) in [5.74, 6) is -0.294. The smallest absolute Gasteiger partial charge is 0.432 e. The summed E-state index contributed by atoms with van der Waals surface area (Å²) in [7, 11) is 1.36. The van der Waals surface area contributed by atoms with Crippen LogP contribution in [0.5, 0.6) is 0 Å². The summed E-state index contributed by atoms with van der Waals surface area (Å²) in [6, 6.07) is 1.01. The van der Waals surface area contributed by atoms with Crippen molar-refractivity contribution in [2.45, 2.75) is 66.5 Å². The molecule has 6 heterocycles. The number of hydrogen-bond donors (Lipinski definition) is 3. The monoisotopic (exact) mass is 656 g/mol. The highest BCUT2D eigenvalue weighted by Gasteiger charge is 2.42. The number of halogens is 3. The first-order valence-electron chi connectivity index (χ1n) is 16.0. The third-order valence-corrected chi connectivity index (χ3v) is 10.1. The van der Waals surface area contributed by atoms with Crippen LogP contribution in [0.2, 0.25) is 0 Å². The van der Waals surface area contributed by atoms with Crippen molar-refractivity contribution in [3.8, 4) is 0 Å². The Labute approximate surface area is 275 Å². The lowest BCUT2D eigenvalue weighted by Gasteiger charge is -2.17. The van der Waals surface area contributed by atoms with Gasteiger partial charge in [-0.1, -0.05) is 13.8 Å². The number of nitrogens with one attached hydrogen (secondary N) is 2. The molecule has 1 saturated heterocycles. The second-order valence-corrected chi connectivity index (χ2v) is 12.8. The molecule has 6 aliphatic rings. The highest BCUT2D eigenvalue weighted by Crippen LogP contribution is 2.47. The number of ether oxygens (including phenoxy) is 1. The van der Waals surface area contributed by atoms with E-state index in [1.165, 1.54) is 7.11 Å². The number of nitrogens with zero attached hydrogens (tertiary/aromatic N) is 4. The van der Waals surface area contributed by atoms with Crippen molar-refractivity contribution in [3.63, 3.8) is 0 Å². The zero-order chi connectivity index (χ0) is 34.2.